The molecule has 2 unspecified atom stereocenters. The molecule has 0 aliphatic heterocycles. The summed E-state index contributed by atoms with van der Waals surface area (Å²) in [6.45, 7) is 4.08. The summed E-state index contributed by atoms with van der Waals surface area (Å²) in [4.78, 5) is 11.9. The first kappa shape index (κ1) is 9.72. The molecule has 2 atom stereocenters. The highest BCUT2D eigenvalue weighted by atomic mass is 35.5. The Balaban J connectivity index is 2.31. The fourth-order valence-corrected chi connectivity index (χ4v) is 1.93. The van der Waals surface area contributed by atoms with Gasteiger partial charge in [0.15, 0.2) is 5.78 Å². The summed E-state index contributed by atoms with van der Waals surface area (Å²) in [5.41, 5.74) is 1.78. The number of Topliss-reactive ketones (excluding diaryl/α,β-unsaturated/α-hetero) is 1. The second-order valence-electron chi connectivity index (χ2n) is 4.17. The maximum Gasteiger partial charge on any atom is 0.167 e. The van der Waals surface area contributed by atoms with E-state index in [1.165, 1.54) is 0 Å². The Morgan fingerprint density at radius 2 is 2.14 bits per heavy atom. The van der Waals surface area contributed by atoms with Crippen molar-refractivity contribution in [2.24, 2.45) is 11.8 Å². The standard InChI is InChI=1S/C12H13ClO/c1-7-3-4-11(13)10(5-7)12(14)9-6-8(9)2/h3-5,8-9H,6H2,1-2H3. The van der Waals surface area contributed by atoms with Crippen LogP contribution in [-0.2, 0) is 0 Å². The Morgan fingerprint density at radius 1 is 1.50 bits per heavy atom. The highest BCUT2D eigenvalue weighted by molar-refractivity contribution is 6.34. The fraction of sp³-hybridized carbons (Fsp3) is 0.417. The molecule has 0 radical (unpaired) electrons. The van der Waals surface area contributed by atoms with Crippen molar-refractivity contribution in [3.8, 4) is 0 Å². The monoisotopic (exact) mass is 208 g/mol. The van der Waals surface area contributed by atoms with E-state index in [-0.39, 0.29) is 11.7 Å². The van der Waals surface area contributed by atoms with Crippen LogP contribution in [0, 0.1) is 18.8 Å². The van der Waals surface area contributed by atoms with E-state index in [1.807, 2.05) is 19.1 Å². The molecule has 2 heteroatoms. The van der Waals surface area contributed by atoms with E-state index in [0.717, 1.165) is 12.0 Å². The molecule has 0 bridgehead atoms. The molecular weight excluding hydrogens is 196 g/mol. The normalized spacial score (nSPS) is 24.8. The number of ketones is 1. The largest absolute Gasteiger partial charge is 0.294 e. The zero-order chi connectivity index (χ0) is 10.3. The number of hydrogen-bond acceptors (Lipinski definition) is 1. The molecule has 0 N–H and O–H groups in total. The third-order valence-electron chi connectivity index (χ3n) is 2.83. The minimum absolute atomic E-state index is 0.214. The van der Waals surface area contributed by atoms with Crippen LogP contribution in [0.4, 0.5) is 0 Å². The summed E-state index contributed by atoms with van der Waals surface area (Å²) >= 11 is 5.99. The minimum atomic E-state index is 0.214. The topological polar surface area (TPSA) is 17.1 Å². The maximum atomic E-state index is 11.9. The molecule has 1 nitrogen and oxygen atoms in total. The van der Waals surface area contributed by atoms with Crippen molar-refractivity contribution in [1.82, 2.24) is 0 Å². The smallest absolute Gasteiger partial charge is 0.167 e. The van der Waals surface area contributed by atoms with E-state index in [1.54, 1.807) is 6.07 Å². The molecule has 1 aromatic rings. The van der Waals surface area contributed by atoms with Gasteiger partial charge in [-0.2, -0.15) is 0 Å². The fourth-order valence-electron chi connectivity index (χ4n) is 1.72. The van der Waals surface area contributed by atoms with Gasteiger partial charge >= 0.3 is 0 Å². The summed E-state index contributed by atoms with van der Waals surface area (Å²) in [6.07, 6.45) is 1.02. The maximum absolute atomic E-state index is 11.9. The SMILES string of the molecule is Cc1ccc(Cl)c(C(=O)C2CC2C)c1. The van der Waals surface area contributed by atoms with Crippen LogP contribution < -0.4 is 0 Å². The summed E-state index contributed by atoms with van der Waals surface area (Å²) in [7, 11) is 0. The summed E-state index contributed by atoms with van der Waals surface area (Å²) in [5, 5.41) is 0.583. The van der Waals surface area contributed by atoms with Crippen LogP contribution in [0.3, 0.4) is 0 Å². The third kappa shape index (κ3) is 1.69. The van der Waals surface area contributed by atoms with Crippen molar-refractivity contribution < 1.29 is 4.79 Å². The molecule has 74 valence electrons. The molecule has 0 spiro atoms. The second-order valence-corrected chi connectivity index (χ2v) is 4.57. The van der Waals surface area contributed by atoms with Crippen LogP contribution >= 0.6 is 11.6 Å². The summed E-state index contributed by atoms with van der Waals surface area (Å²) in [6, 6.07) is 5.61. The molecule has 1 fully saturated rings. The Morgan fingerprint density at radius 3 is 2.71 bits per heavy atom. The van der Waals surface area contributed by atoms with Gasteiger partial charge in [-0.05, 0) is 31.4 Å². The van der Waals surface area contributed by atoms with Gasteiger partial charge in [0.05, 0.1) is 5.02 Å². The van der Waals surface area contributed by atoms with Gasteiger partial charge in [0.2, 0.25) is 0 Å². The summed E-state index contributed by atoms with van der Waals surface area (Å²) < 4.78 is 0. The number of carbonyl (C=O) groups is 1. The van der Waals surface area contributed by atoms with Crippen LogP contribution in [0.1, 0.15) is 29.3 Å². The van der Waals surface area contributed by atoms with E-state index in [9.17, 15) is 4.79 Å². The lowest BCUT2D eigenvalue weighted by Gasteiger charge is -2.03. The van der Waals surface area contributed by atoms with Crippen molar-refractivity contribution in [3.63, 3.8) is 0 Å². The Labute approximate surface area is 89.1 Å². The molecule has 1 saturated carbocycles. The zero-order valence-corrected chi connectivity index (χ0v) is 9.14. The van der Waals surface area contributed by atoms with Crippen molar-refractivity contribution in [1.29, 1.82) is 0 Å². The molecule has 0 saturated heterocycles. The lowest BCUT2D eigenvalue weighted by molar-refractivity contribution is 0.0962. The van der Waals surface area contributed by atoms with Gasteiger partial charge in [-0.1, -0.05) is 30.2 Å². The van der Waals surface area contributed by atoms with Crippen molar-refractivity contribution >= 4 is 17.4 Å². The molecule has 14 heavy (non-hydrogen) atoms. The average molecular weight is 209 g/mol. The number of rotatable bonds is 2. The second kappa shape index (κ2) is 3.39. The molecule has 0 amide bonds. The Hall–Kier alpha value is -0.820. The zero-order valence-electron chi connectivity index (χ0n) is 8.38. The third-order valence-corrected chi connectivity index (χ3v) is 3.16. The van der Waals surface area contributed by atoms with Crippen LogP contribution in [-0.4, -0.2) is 5.78 Å². The lowest BCUT2D eigenvalue weighted by Crippen LogP contribution is -2.03. The van der Waals surface area contributed by atoms with Gasteiger partial charge in [-0.15, -0.1) is 0 Å². The first-order chi connectivity index (χ1) is 6.59. The lowest BCUT2D eigenvalue weighted by atomic mass is 10.0. The highest BCUT2D eigenvalue weighted by Gasteiger charge is 2.39. The molecule has 0 aromatic heterocycles. The quantitative estimate of drug-likeness (QED) is 0.680. The highest BCUT2D eigenvalue weighted by Crippen LogP contribution is 2.41. The first-order valence-electron chi connectivity index (χ1n) is 4.90. The van der Waals surface area contributed by atoms with Gasteiger partial charge in [0.25, 0.3) is 0 Å². The van der Waals surface area contributed by atoms with Crippen LogP contribution in [0.2, 0.25) is 5.02 Å². The van der Waals surface area contributed by atoms with Gasteiger partial charge in [-0.3, -0.25) is 4.79 Å². The van der Waals surface area contributed by atoms with Crippen LogP contribution in [0.25, 0.3) is 0 Å². The van der Waals surface area contributed by atoms with Gasteiger partial charge in [0, 0.05) is 11.5 Å². The van der Waals surface area contributed by atoms with Crippen LogP contribution in [0.5, 0.6) is 0 Å². The van der Waals surface area contributed by atoms with Crippen molar-refractivity contribution in [3.05, 3.63) is 34.3 Å². The van der Waals surface area contributed by atoms with E-state index >= 15 is 0 Å². The van der Waals surface area contributed by atoms with Gasteiger partial charge < -0.3 is 0 Å². The van der Waals surface area contributed by atoms with Gasteiger partial charge in [0.1, 0.15) is 0 Å². The average Bonchev–Trinajstić information content (AvgIpc) is 2.86. The summed E-state index contributed by atoms with van der Waals surface area (Å²) in [5.74, 6) is 0.972. The number of benzene rings is 1. The van der Waals surface area contributed by atoms with E-state index in [2.05, 4.69) is 6.92 Å². The predicted octanol–water partition coefficient (Wildman–Crippen LogP) is 3.49. The Bertz CT molecular complexity index is 384. The van der Waals surface area contributed by atoms with Crippen molar-refractivity contribution in [2.75, 3.05) is 0 Å². The number of carbonyl (C=O) groups excluding carboxylic acids is 1. The molecule has 1 aliphatic rings. The van der Waals surface area contributed by atoms with Crippen molar-refractivity contribution in [2.45, 2.75) is 20.3 Å². The predicted molar refractivity (Wildman–Crippen MR) is 57.8 cm³/mol. The van der Waals surface area contributed by atoms with E-state index < -0.39 is 0 Å². The van der Waals surface area contributed by atoms with E-state index in [4.69, 9.17) is 11.6 Å². The van der Waals surface area contributed by atoms with Crippen LogP contribution in [0.15, 0.2) is 18.2 Å². The number of halogens is 1. The number of aryl methyl sites for hydroxylation is 1. The Kier molecular flexibility index (Phi) is 2.36. The molecule has 0 heterocycles. The van der Waals surface area contributed by atoms with Gasteiger partial charge in [-0.25, -0.2) is 0 Å². The first-order valence-corrected chi connectivity index (χ1v) is 5.27. The molecule has 1 aliphatic carbocycles. The molecule has 1 aromatic carbocycles. The molecule has 2 rings (SSSR count). The molecular formula is C12H13ClO. The van der Waals surface area contributed by atoms with E-state index in [0.29, 0.717) is 16.5 Å². The number of hydrogen-bond donors (Lipinski definition) is 0. The minimum Gasteiger partial charge on any atom is -0.294 e.